The van der Waals surface area contributed by atoms with E-state index in [1.54, 1.807) is 11.1 Å². The van der Waals surface area contributed by atoms with Gasteiger partial charge in [-0.05, 0) is 45.3 Å². The van der Waals surface area contributed by atoms with Gasteiger partial charge in [-0.15, -0.1) is 0 Å². The number of phenols is 1. The molecule has 2 aromatic rings. The number of carbonyl (C=O) groups excluding carboxylic acids is 1. The molecule has 1 aliphatic carbocycles. The minimum Gasteiger partial charge on any atom is -0.505 e. The van der Waals surface area contributed by atoms with Crippen LogP contribution in [0.25, 0.3) is 0 Å². The molecule has 4 rings (SSSR count). The van der Waals surface area contributed by atoms with Crippen molar-refractivity contribution in [3.63, 3.8) is 0 Å². The van der Waals surface area contributed by atoms with E-state index in [0.29, 0.717) is 11.8 Å². The molecule has 0 atom stereocenters. The highest BCUT2D eigenvalue weighted by Crippen LogP contribution is 2.39. The van der Waals surface area contributed by atoms with Crippen LogP contribution in [0.4, 0.5) is 26.6 Å². The number of benzene rings is 1. The lowest BCUT2D eigenvalue weighted by atomic mass is 10.1. The van der Waals surface area contributed by atoms with Gasteiger partial charge in [-0.3, -0.25) is 9.80 Å². The van der Waals surface area contributed by atoms with E-state index in [0.717, 1.165) is 70.3 Å². The summed E-state index contributed by atoms with van der Waals surface area (Å²) in [7, 11) is 1.43. The minimum atomic E-state index is -0.858. The van der Waals surface area contributed by atoms with Crippen LogP contribution < -0.4 is 19.9 Å². The topological polar surface area (TPSA) is 94.1 Å². The molecule has 0 unspecified atom stereocenters. The van der Waals surface area contributed by atoms with Crippen LogP contribution in [0.15, 0.2) is 18.3 Å². The summed E-state index contributed by atoms with van der Waals surface area (Å²) in [5.41, 5.74) is 0.705. The minimum absolute atomic E-state index is 0.0156. The number of amides is 2. The monoisotopic (exact) mass is 500 g/mol. The molecular weight excluding hydrogens is 463 g/mol. The molecule has 1 saturated carbocycles. The zero-order valence-corrected chi connectivity index (χ0v) is 21.5. The zero-order valence-electron chi connectivity index (χ0n) is 21.5. The highest BCUT2D eigenvalue weighted by Gasteiger charge is 2.39. The number of rotatable bonds is 11. The predicted octanol–water partition coefficient (Wildman–Crippen LogP) is 4.75. The van der Waals surface area contributed by atoms with Gasteiger partial charge in [0.05, 0.1) is 19.3 Å². The number of fused-ring (bicyclic) bond motifs is 1. The van der Waals surface area contributed by atoms with Crippen molar-refractivity contribution < 1.29 is 19.0 Å². The van der Waals surface area contributed by atoms with E-state index in [1.165, 1.54) is 24.1 Å². The van der Waals surface area contributed by atoms with Crippen LogP contribution >= 0.6 is 0 Å². The Labute approximate surface area is 212 Å². The molecule has 1 aliphatic heterocycles. The Morgan fingerprint density at radius 1 is 1.22 bits per heavy atom. The molecule has 0 saturated heterocycles. The lowest BCUT2D eigenvalue weighted by molar-refractivity contribution is 0.247. The van der Waals surface area contributed by atoms with E-state index in [-0.39, 0.29) is 30.1 Å². The van der Waals surface area contributed by atoms with Gasteiger partial charge in [0, 0.05) is 36.5 Å². The van der Waals surface area contributed by atoms with E-state index < -0.39 is 11.6 Å². The Kier molecular flexibility index (Phi) is 8.45. The van der Waals surface area contributed by atoms with Crippen molar-refractivity contribution in [3.8, 4) is 11.5 Å². The average Bonchev–Trinajstić information content (AvgIpc) is 3.42. The van der Waals surface area contributed by atoms with E-state index in [9.17, 15) is 14.3 Å². The standard InChI is InChI=1S/C26H37FN6O3/c1-4-31(5-2)13-9-8-12-28-25-29-16-18-17-32(21-14-20(36-3)15-22(34)23(21)27)26(35)33(24(18)30-25)19-10-6-7-11-19/h14-16,19,34H,4-13,17H2,1-3H3,(H,28,29,30). The molecule has 0 bridgehead atoms. The second kappa shape index (κ2) is 11.7. The van der Waals surface area contributed by atoms with Crippen molar-refractivity contribution in [3.05, 3.63) is 29.7 Å². The second-order valence-corrected chi connectivity index (χ2v) is 9.36. The summed E-state index contributed by atoms with van der Waals surface area (Å²) in [5, 5.41) is 13.4. The number of urea groups is 1. The normalized spacial score (nSPS) is 16.1. The molecule has 2 amide bonds. The fraction of sp³-hybridized carbons (Fsp3) is 0.577. The average molecular weight is 501 g/mol. The Morgan fingerprint density at radius 3 is 2.67 bits per heavy atom. The van der Waals surface area contributed by atoms with Gasteiger partial charge in [0.15, 0.2) is 11.6 Å². The maximum Gasteiger partial charge on any atom is 0.330 e. The van der Waals surface area contributed by atoms with Crippen molar-refractivity contribution in [2.75, 3.05) is 48.4 Å². The van der Waals surface area contributed by atoms with Crippen LogP contribution in [-0.4, -0.2) is 65.3 Å². The third kappa shape index (κ3) is 5.48. The number of nitrogens with one attached hydrogen (secondary N) is 1. The van der Waals surface area contributed by atoms with Crippen molar-refractivity contribution >= 4 is 23.5 Å². The Balaban J connectivity index is 1.56. The van der Waals surface area contributed by atoms with Crippen LogP contribution in [0, 0.1) is 5.82 Å². The third-order valence-electron chi connectivity index (χ3n) is 7.14. The number of ether oxygens (including phenoxy) is 1. The fourth-order valence-corrected chi connectivity index (χ4v) is 5.03. The highest BCUT2D eigenvalue weighted by atomic mass is 19.1. The first-order chi connectivity index (χ1) is 17.5. The number of methoxy groups -OCH3 is 1. The van der Waals surface area contributed by atoms with Crippen molar-refractivity contribution in [2.45, 2.75) is 65.0 Å². The number of aromatic nitrogens is 2. The molecule has 9 nitrogen and oxygen atoms in total. The van der Waals surface area contributed by atoms with Crippen LogP contribution in [0.3, 0.4) is 0 Å². The Morgan fingerprint density at radius 2 is 1.97 bits per heavy atom. The molecule has 2 N–H and O–H groups in total. The third-order valence-corrected chi connectivity index (χ3v) is 7.14. The van der Waals surface area contributed by atoms with Gasteiger partial charge < -0.3 is 20.1 Å². The van der Waals surface area contributed by atoms with Crippen LogP contribution in [-0.2, 0) is 6.54 Å². The van der Waals surface area contributed by atoms with E-state index in [1.807, 2.05) is 0 Å². The zero-order chi connectivity index (χ0) is 25.7. The molecule has 36 heavy (non-hydrogen) atoms. The maximum atomic E-state index is 15.0. The predicted molar refractivity (Wildman–Crippen MR) is 138 cm³/mol. The number of hydrogen-bond acceptors (Lipinski definition) is 7. The highest BCUT2D eigenvalue weighted by molar-refractivity contribution is 6.06. The molecule has 0 spiro atoms. The molecular formula is C26H37FN6O3. The molecule has 2 aliphatic rings. The number of unbranched alkanes of at least 4 members (excludes halogenated alkanes) is 1. The number of halogens is 1. The summed E-state index contributed by atoms with van der Waals surface area (Å²) < 4.78 is 20.2. The number of phenolic OH excluding ortho intramolecular Hbond substituents is 1. The Bertz CT molecular complexity index is 1060. The number of carbonyl (C=O) groups is 1. The van der Waals surface area contributed by atoms with Gasteiger partial charge >= 0.3 is 6.03 Å². The molecule has 10 heteroatoms. The number of hydrogen-bond donors (Lipinski definition) is 2. The van der Waals surface area contributed by atoms with Gasteiger partial charge in [0.1, 0.15) is 11.6 Å². The van der Waals surface area contributed by atoms with E-state index >= 15 is 0 Å². The first-order valence-electron chi connectivity index (χ1n) is 13.0. The van der Waals surface area contributed by atoms with Gasteiger partial charge in [0.2, 0.25) is 5.95 Å². The first-order valence-corrected chi connectivity index (χ1v) is 13.0. The lowest BCUT2D eigenvalue weighted by Gasteiger charge is -2.39. The second-order valence-electron chi connectivity index (χ2n) is 9.36. The summed E-state index contributed by atoms with van der Waals surface area (Å²) in [6.07, 6.45) is 7.57. The number of nitrogens with zero attached hydrogens (tertiary/aromatic N) is 5. The fourth-order valence-electron chi connectivity index (χ4n) is 5.03. The summed E-state index contributed by atoms with van der Waals surface area (Å²) in [6.45, 7) is 8.37. The lowest BCUT2D eigenvalue weighted by Crippen LogP contribution is -2.52. The molecule has 1 aromatic carbocycles. The van der Waals surface area contributed by atoms with Crippen molar-refractivity contribution in [2.24, 2.45) is 0 Å². The molecule has 1 aromatic heterocycles. The Hall–Kier alpha value is -3.14. The number of aromatic hydroxyl groups is 1. The largest absolute Gasteiger partial charge is 0.505 e. The summed E-state index contributed by atoms with van der Waals surface area (Å²) >= 11 is 0. The van der Waals surface area contributed by atoms with Gasteiger partial charge in [-0.2, -0.15) is 4.98 Å². The molecule has 2 heterocycles. The quantitative estimate of drug-likeness (QED) is 0.430. The summed E-state index contributed by atoms with van der Waals surface area (Å²) in [4.78, 5) is 28.4. The van der Waals surface area contributed by atoms with Gasteiger partial charge in [-0.1, -0.05) is 26.7 Å². The van der Waals surface area contributed by atoms with Gasteiger partial charge in [-0.25, -0.2) is 14.2 Å². The van der Waals surface area contributed by atoms with Crippen LogP contribution in [0.1, 0.15) is 57.9 Å². The summed E-state index contributed by atoms with van der Waals surface area (Å²) in [6, 6.07) is 2.25. The van der Waals surface area contributed by atoms with Gasteiger partial charge in [0.25, 0.3) is 0 Å². The van der Waals surface area contributed by atoms with Crippen LogP contribution in [0.5, 0.6) is 11.5 Å². The smallest absolute Gasteiger partial charge is 0.330 e. The maximum absolute atomic E-state index is 15.0. The SMILES string of the molecule is CCN(CC)CCCCNc1ncc2c(n1)N(C1CCCC1)C(=O)N(c1cc(OC)cc(O)c1F)C2. The first kappa shape index (κ1) is 25.9. The van der Waals surface area contributed by atoms with E-state index in [4.69, 9.17) is 9.72 Å². The molecule has 196 valence electrons. The van der Waals surface area contributed by atoms with Crippen molar-refractivity contribution in [1.82, 2.24) is 14.9 Å². The summed E-state index contributed by atoms with van der Waals surface area (Å²) in [5.74, 6) is -0.0795. The molecule has 1 fully saturated rings. The van der Waals surface area contributed by atoms with Crippen molar-refractivity contribution in [1.29, 1.82) is 0 Å². The molecule has 0 radical (unpaired) electrons. The van der Waals surface area contributed by atoms with Crippen LogP contribution in [0.2, 0.25) is 0 Å². The number of anilines is 3. The van der Waals surface area contributed by atoms with E-state index in [2.05, 4.69) is 29.0 Å².